The fourth-order valence-corrected chi connectivity index (χ4v) is 3.07. The van der Waals surface area contributed by atoms with E-state index in [2.05, 4.69) is 15.2 Å². The second-order valence-electron chi connectivity index (χ2n) is 5.08. The monoisotopic (exact) mass is 288 g/mol. The average Bonchev–Trinajstić information content (AvgIpc) is 3.07. The van der Waals surface area contributed by atoms with Gasteiger partial charge in [0.15, 0.2) is 0 Å². The van der Waals surface area contributed by atoms with Gasteiger partial charge in [0.2, 0.25) is 11.8 Å². The molecule has 0 aliphatic heterocycles. The third-order valence-corrected chi connectivity index (χ3v) is 4.46. The largest absolute Gasteiger partial charge is 0.423 e. The SMILES string of the molecule is Cc1csc2ncn(Cc3nnc(C4CC4)o3)c(=O)c12. The van der Waals surface area contributed by atoms with E-state index in [4.69, 9.17) is 4.42 Å². The van der Waals surface area contributed by atoms with E-state index in [-0.39, 0.29) is 12.1 Å². The van der Waals surface area contributed by atoms with E-state index in [9.17, 15) is 4.79 Å². The van der Waals surface area contributed by atoms with Crippen molar-refractivity contribution in [1.82, 2.24) is 19.7 Å². The highest BCUT2D eigenvalue weighted by Gasteiger charge is 2.29. The van der Waals surface area contributed by atoms with Crippen LogP contribution in [0.3, 0.4) is 0 Å². The Morgan fingerprint density at radius 3 is 3.10 bits per heavy atom. The van der Waals surface area contributed by atoms with Crippen molar-refractivity contribution < 1.29 is 4.42 Å². The van der Waals surface area contributed by atoms with Gasteiger partial charge in [-0.1, -0.05) is 0 Å². The molecule has 3 aromatic heterocycles. The lowest BCUT2D eigenvalue weighted by Crippen LogP contribution is -2.21. The highest BCUT2D eigenvalue weighted by molar-refractivity contribution is 7.16. The molecular formula is C13H12N4O2S. The Balaban J connectivity index is 1.72. The molecule has 0 amide bonds. The molecule has 4 rings (SSSR count). The van der Waals surface area contributed by atoms with E-state index in [1.54, 1.807) is 6.33 Å². The second-order valence-corrected chi connectivity index (χ2v) is 5.94. The Kier molecular flexibility index (Phi) is 2.50. The first-order valence-corrected chi connectivity index (χ1v) is 7.36. The van der Waals surface area contributed by atoms with Gasteiger partial charge in [0.05, 0.1) is 11.7 Å². The summed E-state index contributed by atoms with van der Waals surface area (Å²) in [5, 5.41) is 10.7. The van der Waals surface area contributed by atoms with Crippen molar-refractivity contribution in [3.05, 3.63) is 39.4 Å². The number of hydrogen-bond donors (Lipinski definition) is 0. The zero-order chi connectivity index (χ0) is 13.7. The maximum Gasteiger partial charge on any atom is 0.262 e. The van der Waals surface area contributed by atoms with Crippen LogP contribution < -0.4 is 5.56 Å². The number of hydrogen-bond acceptors (Lipinski definition) is 6. The lowest BCUT2D eigenvalue weighted by atomic mass is 10.3. The van der Waals surface area contributed by atoms with Gasteiger partial charge in [-0.25, -0.2) is 4.98 Å². The summed E-state index contributed by atoms with van der Waals surface area (Å²) in [7, 11) is 0. The fraction of sp³-hybridized carbons (Fsp3) is 0.385. The summed E-state index contributed by atoms with van der Waals surface area (Å²) in [5.41, 5.74) is 0.904. The molecule has 0 radical (unpaired) electrons. The molecule has 1 saturated carbocycles. The smallest absolute Gasteiger partial charge is 0.262 e. The predicted octanol–water partition coefficient (Wildman–Crippen LogP) is 2.08. The molecular weight excluding hydrogens is 276 g/mol. The molecule has 102 valence electrons. The molecule has 0 saturated heterocycles. The van der Waals surface area contributed by atoms with E-state index in [1.807, 2.05) is 12.3 Å². The highest BCUT2D eigenvalue weighted by atomic mass is 32.1. The van der Waals surface area contributed by atoms with Crippen molar-refractivity contribution >= 4 is 21.6 Å². The van der Waals surface area contributed by atoms with Gasteiger partial charge >= 0.3 is 0 Å². The zero-order valence-corrected chi connectivity index (χ0v) is 11.7. The Hall–Kier alpha value is -2.02. The van der Waals surface area contributed by atoms with E-state index in [0.29, 0.717) is 23.1 Å². The number of aryl methyl sites for hydroxylation is 1. The van der Waals surface area contributed by atoms with Crippen LogP contribution in [-0.4, -0.2) is 19.7 Å². The first-order chi connectivity index (χ1) is 9.72. The quantitative estimate of drug-likeness (QED) is 0.737. The standard InChI is InChI=1S/C13H12N4O2S/c1-7-5-20-12-10(7)13(18)17(6-14-12)4-9-15-16-11(19-9)8-2-3-8/h5-6,8H,2-4H2,1H3. The van der Waals surface area contributed by atoms with Gasteiger partial charge in [-0.05, 0) is 30.7 Å². The van der Waals surface area contributed by atoms with Crippen molar-refractivity contribution in [2.75, 3.05) is 0 Å². The molecule has 1 fully saturated rings. The molecule has 0 aromatic carbocycles. The molecule has 1 aliphatic carbocycles. The van der Waals surface area contributed by atoms with E-state index >= 15 is 0 Å². The molecule has 7 heteroatoms. The highest BCUT2D eigenvalue weighted by Crippen LogP contribution is 2.39. The Morgan fingerprint density at radius 2 is 2.30 bits per heavy atom. The number of rotatable bonds is 3. The third kappa shape index (κ3) is 1.85. The van der Waals surface area contributed by atoms with Gasteiger partial charge in [0.25, 0.3) is 5.56 Å². The van der Waals surface area contributed by atoms with Gasteiger partial charge in [-0.3, -0.25) is 9.36 Å². The summed E-state index contributed by atoms with van der Waals surface area (Å²) in [4.78, 5) is 17.5. The van der Waals surface area contributed by atoms with Crippen LogP contribution in [-0.2, 0) is 6.54 Å². The molecule has 3 heterocycles. The average molecular weight is 288 g/mol. The van der Waals surface area contributed by atoms with Crippen LogP contribution in [0.5, 0.6) is 0 Å². The molecule has 0 bridgehead atoms. The minimum atomic E-state index is -0.0556. The molecule has 3 aromatic rings. The summed E-state index contributed by atoms with van der Waals surface area (Å²) < 4.78 is 7.10. The summed E-state index contributed by atoms with van der Waals surface area (Å²) in [6.45, 7) is 2.20. The molecule has 6 nitrogen and oxygen atoms in total. The fourth-order valence-electron chi connectivity index (χ4n) is 2.19. The van der Waals surface area contributed by atoms with Gasteiger partial charge in [-0.15, -0.1) is 21.5 Å². The topological polar surface area (TPSA) is 73.8 Å². The van der Waals surface area contributed by atoms with Gasteiger partial charge in [0, 0.05) is 5.92 Å². The first-order valence-electron chi connectivity index (χ1n) is 6.48. The summed E-state index contributed by atoms with van der Waals surface area (Å²) >= 11 is 1.48. The number of nitrogens with zero attached hydrogens (tertiary/aromatic N) is 4. The normalized spacial score (nSPS) is 15.1. The Labute approximate surface area is 118 Å². The number of aromatic nitrogens is 4. The lowest BCUT2D eigenvalue weighted by Gasteiger charge is -2.01. The lowest BCUT2D eigenvalue weighted by molar-refractivity contribution is 0.436. The molecule has 0 unspecified atom stereocenters. The summed E-state index contributed by atoms with van der Waals surface area (Å²) in [5.74, 6) is 1.57. The van der Waals surface area contributed by atoms with E-state index in [0.717, 1.165) is 23.2 Å². The Morgan fingerprint density at radius 1 is 1.45 bits per heavy atom. The zero-order valence-electron chi connectivity index (χ0n) is 10.9. The summed E-state index contributed by atoms with van der Waals surface area (Å²) in [6, 6.07) is 0. The van der Waals surface area contributed by atoms with Gasteiger partial charge < -0.3 is 4.42 Å². The van der Waals surface area contributed by atoms with E-state index < -0.39 is 0 Å². The van der Waals surface area contributed by atoms with Crippen molar-refractivity contribution in [3.8, 4) is 0 Å². The van der Waals surface area contributed by atoms with Crippen LogP contribution in [0.2, 0.25) is 0 Å². The van der Waals surface area contributed by atoms with Crippen LogP contribution in [0.15, 0.2) is 20.9 Å². The maximum absolute atomic E-state index is 12.4. The summed E-state index contributed by atoms with van der Waals surface area (Å²) in [6.07, 6.45) is 3.77. The van der Waals surface area contributed by atoms with Crippen LogP contribution >= 0.6 is 11.3 Å². The minimum absolute atomic E-state index is 0.0556. The first kappa shape index (κ1) is 11.8. The number of thiophene rings is 1. The third-order valence-electron chi connectivity index (χ3n) is 3.46. The molecule has 1 aliphatic rings. The molecule has 20 heavy (non-hydrogen) atoms. The van der Waals surface area contributed by atoms with Gasteiger partial charge in [0.1, 0.15) is 11.4 Å². The van der Waals surface area contributed by atoms with Gasteiger partial charge in [-0.2, -0.15) is 0 Å². The molecule has 0 atom stereocenters. The second kappa shape index (κ2) is 4.24. The predicted molar refractivity (Wildman–Crippen MR) is 74.0 cm³/mol. The Bertz CT molecular complexity index is 844. The molecule has 0 spiro atoms. The van der Waals surface area contributed by atoms with Crippen molar-refractivity contribution in [2.24, 2.45) is 0 Å². The van der Waals surface area contributed by atoms with Crippen LogP contribution in [0.4, 0.5) is 0 Å². The van der Waals surface area contributed by atoms with E-state index in [1.165, 1.54) is 15.9 Å². The van der Waals surface area contributed by atoms with Crippen LogP contribution in [0, 0.1) is 6.92 Å². The maximum atomic E-state index is 12.4. The van der Waals surface area contributed by atoms with Crippen LogP contribution in [0.1, 0.15) is 36.1 Å². The van der Waals surface area contributed by atoms with Crippen molar-refractivity contribution in [3.63, 3.8) is 0 Å². The van der Waals surface area contributed by atoms with Crippen molar-refractivity contribution in [2.45, 2.75) is 32.2 Å². The molecule has 0 N–H and O–H groups in total. The van der Waals surface area contributed by atoms with Crippen LogP contribution in [0.25, 0.3) is 10.2 Å². The van der Waals surface area contributed by atoms with Crippen molar-refractivity contribution in [1.29, 1.82) is 0 Å². The number of fused-ring (bicyclic) bond motifs is 1. The minimum Gasteiger partial charge on any atom is -0.423 e.